The van der Waals surface area contributed by atoms with Crippen LogP contribution >= 0.6 is 0 Å². The maximum atomic E-state index is 11.5. The summed E-state index contributed by atoms with van der Waals surface area (Å²) in [7, 11) is -3.09. The van der Waals surface area contributed by atoms with E-state index in [1.54, 1.807) is 23.6 Å². The molecule has 0 bridgehead atoms. The van der Waals surface area contributed by atoms with E-state index in [0.717, 1.165) is 0 Å². The number of carbonyl (C=O) groups is 1. The van der Waals surface area contributed by atoms with Gasteiger partial charge in [0.1, 0.15) is 0 Å². The van der Waals surface area contributed by atoms with Gasteiger partial charge < -0.3 is 9.67 Å². The fourth-order valence-corrected chi connectivity index (χ4v) is 2.61. The Morgan fingerprint density at radius 3 is 2.79 bits per heavy atom. The number of carboxylic acid groups (broad SMARTS) is 1. The first-order valence-corrected chi connectivity index (χ1v) is 7.64. The summed E-state index contributed by atoms with van der Waals surface area (Å²) in [4.78, 5) is 15.3. The van der Waals surface area contributed by atoms with Crippen LogP contribution in [0.4, 0.5) is 0 Å². The average Bonchev–Trinajstić information content (AvgIpc) is 2.79. The van der Waals surface area contributed by atoms with Crippen LogP contribution in [0.1, 0.15) is 17.3 Å². The SMILES string of the molecule is CCS(=O)(=O)CCn1cnc2cccc(C(=O)O)c21. The van der Waals surface area contributed by atoms with Crippen molar-refractivity contribution in [1.82, 2.24) is 9.55 Å². The minimum atomic E-state index is -3.09. The fourth-order valence-electron chi connectivity index (χ4n) is 1.85. The van der Waals surface area contributed by atoms with Crippen LogP contribution in [0, 0.1) is 0 Å². The van der Waals surface area contributed by atoms with E-state index in [4.69, 9.17) is 5.11 Å². The molecule has 0 saturated heterocycles. The molecule has 7 heteroatoms. The number of fused-ring (bicyclic) bond motifs is 1. The quantitative estimate of drug-likeness (QED) is 0.889. The van der Waals surface area contributed by atoms with Gasteiger partial charge in [-0.05, 0) is 12.1 Å². The van der Waals surface area contributed by atoms with E-state index in [-0.39, 0.29) is 23.6 Å². The minimum absolute atomic E-state index is 0.0249. The molecule has 2 rings (SSSR count). The lowest BCUT2D eigenvalue weighted by Crippen LogP contribution is -2.14. The molecule has 1 N–H and O–H groups in total. The summed E-state index contributed by atoms with van der Waals surface area (Å²) in [6, 6.07) is 4.80. The number of hydrogen-bond acceptors (Lipinski definition) is 4. The van der Waals surface area contributed by atoms with Crippen molar-refractivity contribution in [3.8, 4) is 0 Å². The molecule has 0 radical (unpaired) electrons. The number of nitrogens with zero attached hydrogens (tertiary/aromatic N) is 2. The molecule has 102 valence electrons. The highest BCUT2D eigenvalue weighted by Gasteiger charge is 2.15. The predicted molar refractivity (Wildman–Crippen MR) is 71.0 cm³/mol. The topological polar surface area (TPSA) is 89.3 Å². The van der Waals surface area contributed by atoms with Gasteiger partial charge in [0, 0.05) is 12.3 Å². The molecule has 0 aliphatic carbocycles. The maximum Gasteiger partial charge on any atom is 0.337 e. The molecule has 0 fully saturated rings. The van der Waals surface area contributed by atoms with Crippen LogP contribution in [0.15, 0.2) is 24.5 Å². The zero-order valence-corrected chi connectivity index (χ0v) is 11.2. The Morgan fingerprint density at radius 2 is 2.16 bits per heavy atom. The highest BCUT2D eigenvalue weighted by atomic mass is 32.2. The van der Waals surface area contributed by atoms with Crippen LogP contribution in [0.3, 0.4) is 0 Å². The van der Waals surface area contributed by atoms with Crippen molar-refractivity contribution in [1.29, 1.82) is 0 Å². The van der Waals surface area contributed by atoms with E-state index in [1.807, 2.05) is 0 Å². The molecule has 0 saturated carbocycles. The third-order valence-corrected chi connectivity index (χ3v) is 4.64. The molecule has 1 aromatic carbocycles. The van der Waals surface area contributed by atoms with Gasteiger partial charge in [-0.3, -0.25) is 0 Å². The average molecular weight is 282 g/mol. The molecule has 0 aliphatic heterocycles. The number of aromatic nitrogens is 2. The van der Waals surface area contributed by atoms with E-state index >= 15 is 0 Å². The van der Waals surface area contributed by atoms with Crippen molar-refractivity contribution >= 4 is 26.8 Å². The van der Waals surface area contributed by atoms with Crippen molar-refractivity contribution in [2.24, 2.45) is 0 Å². The number of hydrogen-bond donors (Lipinski definition) is 1. The molecule has 1 heterocycles. The number of benzene rings is 1. The van der Waals surface area contributed by atoms with Crippen LogP contribution in [-0.2, 0) is 16.4 Å². The molecule has 19 heavy (non-hydrogen) atoms. The monoisotopic (exact) mass is 282 g/mol. The normalized spacial score (nSPS) is 11.8. The smallest absolute Gasteiger partial charge is 0.337 e. The van der Waals surface area contributed by atoms with E-state index in [2.05, 4.69) is 4.98 Å². The molecular formula is C12H14N2O4S. The Balaban J connectivity index is 2.42. The summed E-state index contributed by atoms with van der Waals surface area (Å²) >= 11 is 0. The van der Waals surface area contributed by atoms with Crippen molar-refractivity contribution in [3.63, 3.8) is 0 Å². The number of aromatic carboxylic acids is 1. The third-order valence-electron chi connectivity index (χ3n) is 2.95. The molecule has 6 nitrogen and oxygen atoms in total. The van der Waals surface area contributed by atoms with E-state index in [0.29, 0.717) is 11.0 Å². The van der Waals surface area contributed by atoms with Crippen LogP contribution < -0.4 is 0 Å². The Bertz CT molecular complexity index is 718. The molecule has 2 aromatic rings. The van der Waals surface area contributed by atoms with Gasteiger partial charge in [-0.1, -0.05) is 13.0 Å². The van der Waals surface area contributed by atoms with Gasteiger partial charge in [0.15, 0.2) is 9.84 Å². The minimum Gasteiger partial charge on any atom is -0.478 e. The number of para-hydroxylation sites is 1. The summed E-state index contributed by atoms with van der Waals surface area (Å²) < 4.78 is 24.6. The second-order valence-corrected chi connectivity index (χ2v) is 6.63. The molecule has 0 aliphatic rings. The van der Waals surface area contributed by atoms with E-state index in [1.165, 1.54) is 12.4 Å². The third kappa shape index (κ3) is 2.76. The predicted octanol–water partition coefficient (Wildman–Crippen LogP) is 1.17. The molecule has 1 aromatic heterocycles. The Morgan fingerprint density at radius 1 is 1.42 bits per heavy atom. The Hall–Kier alpha value is -1.89. The standard InChI is InChI=1S/C12H14N2O4S/c1-2-19(17,18)7-6-14-8-13-10-5-3-4-9(11(10)14)12(15)16/h3-5,8H,2,6-7H2,1H3,(H,15,16). The number of imidazole rings is 1. The Labute approximate surface area is 110 Å². The van der Waals surface area contributed by atoms with Gasteiger partial charge in [-0.2, -0.15) is 0 Å². The van der Waals surface area contributed by atoms with Gasteiger partial charge in [-0.25, -0.2) is 18.2 Å². The van der Waals surface area contributed by atoms with Gasteiger partial charge in [0.05, 0.1) is 28.7 Å². The van der Waals surface area contributed by atoms with E-state index in [9.17, 15) is 13.2 Å². The first-order chi connectivity index (χ1) is 8.94. The molecular weight excluding hydrogens is 268 g/mol. The number of aryl methyl sites for hydroxylation is 1. The first-order valence-electron chi connectivity index (χ1n) is 5.82. The number of sulfone groups is 1. The van der Waals surface area contributed by atoms with Crippen molar-refractivity contribution < 1.29 is 18.3 Å². The largest absolute Gasteiger partial charge is 0.478 e. The van der Waals surface area contributed by atoms with Gasteiger partial charge in [0.2, 0.25) is 0 Å². The molecule has 0 atom stereocenters. The van der Waals surface area contributed by atoms with Crippen LogP contribution in [0.5, 0.6) is 0 Å². The summed E-state index contributed by atoms with van der Waals surface area (Å²) in [6.45, 7) is 1.79. The van der Waals surface area contributed by atoms with E-state index < -0.39 is 15.8 Å². The zero-order chi connectivity index (χ0) is 14.0. The van der Waals surface area contributed by atoms with Crippen molar-refractivity contribution in [2.75, 3.05) is 11.5 Å². The summed E-state index contributed by atoms with van der Waals surface area (Å²) in [5, 5.41) is 9.14. The summed E-state index contributed by atoms with van der Waals surface area (Å²) in [6.07, 6.45) is 1.47. The summed E-state index contributed by atoms with van der Waals surface area (Å²) in [5.74, 6) is -1.00. The van der Waals surface area contributed by atoms with Gasteiger partial charge >= 0.3 is 5.97 Å². The molecule has 0 amide bonds. The first kappa shape index (κ1) is 13.5. The van der Waals surface area contributed by atoms with Crippen molar-refractivity contribution in [3.05, 3.63) is 30.1 Å². The second kappa shape index (κ2) is 5.00. The second-order valence-electron chi connectivity index (χ2n) is 4.15. The zero-order valence-electron chi connectivity index (χ0n) is 10.4. The molecule has 0 unspecified atom stereocenters. The van der Waals surface area contributed by atoms with Crippen LogP contribution in [0.2, 0.25) is 0 Å². The Kier molecular flexibility index (Phi) is 3.57. The van der Waals surface area contributed by atoms with Gasteiger partial charge in [0.25, 0.3) is 0 Å². The maximum absolute atomic E-state index is 11.5. The van der Waals surface area contributed by atoms with Crippen molar-refractivity contribution in [2.45, 2.75) is 13.5 Å². The van der Waals surface area contributed by atoms with Crippen LogP contribution in [-0.4, -0.2) is 40.6 Å². The number of carboxylic acids is 1. The highest BCUT2D eigenvalue weighted by molar-refractivity contribution is 7.91. The fraction of sp³-hybridized carbons (Fsp3) is 0.333. The lowest BCUT2D eigenvalue weighted by atomic mass is 10.2. The van der Waals surface area contributed by atoms with Crippen LogP contribution in [0.25, 0.3) is 11.0 Å². The highest BCUT2D eigenvalue weighted by Crippen LogP contribution is 2.18. The summed E-state index contributed by atoms with van der Waals surface area (Å²) in [5.41, 5.74) is 1.14. The number of rotatable bonds is 5. The lowest BCUT2D eigenvalue weighted by molar-refractivity contribution is 0.0698. The lowest BCUT2D eigenvalue weighted by Gasteiger charge is -2.06. The van der Waals surface area contributed by atoms with Gasteiger partial charge in [-0.15, -0.1) is 0 Å². The molecule has 0 spiro atoms.